The SMILES string of the molecule is CC(N)C1CCN(C(=O)c2ccccc2S(C)(=O)=O)CC1. The maximum atomic E-state index is 12.6. The van der Waals surface area contributed by atoms with Gasteiger partial charge in [-0.05, 0) is 37.8 Å². The smallest absolute Gasteiger partial charge is 0.255 e. The van der Waals surface area contributed by atoms with Gasteiger partial charge in [-0.3, -0.25) is 4.79 Å². The lowest BCUT2D eigenvalue weighted by Gasteiger charge is -2.34. The molecule has 1 unspecified atom stereocenters. The van der Waals surface area contributed by atoms with Gasteiger partial charge >= 0.3 is 0 Å². The van der Waals surface area contributed by atoms with Crippen molar-refractivity contribution in [3.63, 3.8) is 0 Å². The van der Waals surface area contributed by atoms with E-state index < -0.39 is 9.84 Å². The van der Waals surface area contributed by atoms with Crippen molar-refractivity contribution < 1.29 is 13.2 Å². The summed E-state index contributed by atoms with van der Waals surface area (Å²) in [7, 11) is -3.41. The van der Waals surface area contributed by atoms with E-state index in [1.54, 1.807) is 23.1 Å². The van der Waals surface area contributed by atoms with E-state index in [0.717, 1.165) is 19.1 Å². The second kappa shape index (κ2) is 6.15. The molecule has 1 aromatic rings. The average molecular weight is 310 g/mol. The van der Waals surface area contributed by atoms with E-state index in [1.165, 1.54) is 6.07 Å². The summed E-state index contributed by atoms with van der Waals surface area (Å²) < 4.78 is 23.6. The van der Waals surface area contributed by atoms with Gasteiger partial charge in [0.1, 0.15) is 0 Å². The Labute approximate surface area is 126 Å². The van der Waals surface area contributed by atoms with Crippen LogP contribution in [0.1, 0.15) is 30.1 Å². The number of amides is 1. The first-order valence-corrected chi connectivity index (χ1v) is 9.04. The molecule has 1 amide bonds. The molecule has 1 heterocycles. The van der Waals surface area contributed by atoms with Crippen LogP contribution < -0.4 is 5.73 Å². The van der Waals surface area contributed by atoms with Crippen LogP contribution >= 0.6 is 0 Å². The number of benzene rings is 1. The van der Waals surface area contributed by atoms with Crippen molar-refractivity contribution in [3.8, 4) is 0 Å². The largest absolute Gasteiger partial charge is 0.339 e. The van der Waals surface area contributed by atoms with Crippen LogP contribution in [0.4, 0.5) is 0 Å². The monoisotopic (exact) mass is 310 g/mol. The number of rotatable bonds is 3. The summed E-state index contributed by atoms with van der Waals surface area (Å²) in [5.41, 5.74) is 6.16. The summed E-state index contributed by atoms with van der Waals surface area (Å²) in [6, 6.07) is 6.52. The molecule has 0 aliphatic carbocycles. The van der Waals surface area contributed by atoms with Crippen molar-refractivity contribution in [3.05, 3.63) is 29.8 Å². The predicted molar refractivity (Wildman–Crippen MR) is 81.8 cm³/mol. The molecule has 21 heavy (non-hydrogen) atoms. The van der Waals surface area contributed by atoms with Gasteiger partial charge in [-0.1, -0.05) is 12.1 Å². The average Bonchev–Trinajstić information content (AvgIpc) is 2.45. The lowest BCUT2D eigenvalue weighted by Crippen LogP contribution is -2.42. The van der Waals surface area contributed by atoms with Crippen LogP contribution in [0, 0.1) is 5.92 Å². The van der Waals surface area contributed by atoms with Crippen molar-refractivity contribution in [2.75, 3.05) is 19.3 Å². The zero-order valence-corrected chi connectivity index (χ0v) is 13.3. The van der Waals surface area contributed by atoms with Crippen LogP contribution in [-0.2, 0) is 9.84 Å². The standard InChI is InChI=1S/C15H22N2O3S/c1-11(16)12-7-9-17(10-8-12)15(18)13-5-3-4-6-14(13)21(2,19)20/h3-6,11-12H,7-10,16H2,1-2H3. The summed E-state index contributed by atoms with van der Waals surface area (Å²) in [6.07, 6.45) is 2.86. The van der Waals surface area contributed by atoms with Gasteiger partial charge in [-0.2, -0.15) is 0 Å². The van der Waals surface area contributed by atoms with Gasteiger partial charge in [0.25, 0.3) is 5.91 Å². The fourth-order valence-corrected chi connectivity index (χ4v) is 3.65. The minimum Gasteiger partial charge on any atom is -0.339 e. The molecule has 6 heteroatoms. The molecular formula is C15H22N2O3S. The number of hydrogen-bond donors (Lipinski definition) is 1. The van der Waals surface area contributed by atoms with Crippen molar-refractivity contribution >= 4 is 15.7 Å². The summed E-state index contributed by atoms with van der Waals surface area (Å²) in [5, 5.41) is 0. The number of carbonyl (C=O) groups is 1. The summed E-state index contributed by atoms with van der Waals surface area (Å²) in [6.45, 7) is 3.24. The first kappa shape index (κ1) is 16.0. The van der Waals surface area contributed by atoms with Crippen molar-refractivity contribution in [2.24, 2.45) is 11.7 Å². The third kappa shape index (κ3) is 3.63. The predicted octanol–water partition coefficient (Wildman–Crippen LogP) is 1.29. The fraction of sp³-hybridized carbons (Fsp3) is 0.533. The van der Waals surface area contributed by atoms with Gasteiger partial charge < -0.3 is 10.6 Å². The third-order valence-electron chi connectivity index (χ3n) is 4.09. The maximum Gasteiger partial charge on any atom is 0.255 e. The first-order valence-electron chi connectivity index (χ1n) is 7.14. The van der Waals surface area contributed by atoms with E-state index in [9.17, 15) is 13.2 Å². The molecule has 2 rings (SSSR count). The van der Waals surface area contributed by atoms with Gasteiger partial charge in [0.15, 0.2) is 9.84 Å². The molecule has 0 bridgehead atoms. The Morgan fingerprint density at radius 2 is 1.86 bits per heavy atom. The molecule has 0 radical (unpaired) electrons. The van der Waals surface area contributed by atoms with Crippen LogP contribution in [0.2, 0.25) is 0 Å². The number of carbonyl (C=O) groups excluding carboxylic acids is 1. The Balaban J connectivity index is 2.19. The van der Waals surface area contributed by atoms with Crippen LogP contribution in [0.3, 0.4) is 0 Å². The van der Waals surface area contributed by atoms with E-state index in [0.29, 0.717) is 19.0 Å². The Hall–Kier alpha value is -1.40. The number of sulfone groups is 1. The number of hydrogen-bond acceptors (Lipinski definition) is 4. The molecule has 2 N–H and O–H groups in total. The first-order chi connectivity index (χ1) is 9.80. The highest BCUT2D eigenvalue weighted by Gasteiger charge is 2.27. The molecule has 116 valence electrons. The van der Waals surface area contributed by atoms with Gasteiger partial charge in [0.05, 0.1) is 10.5 Å². The van der Waals surface area contributed by atoms with Crippen molar-refractivity contribution in [1.29, 1.82) is 0 Å². The number of likely N-dealkylation sites (tertiary alicyclic amines) is 1. The van der Waals surface area contributed by atoms with E-state index in [-0.39, 0.29) is 22.4 Å². The Bertz CT molecular complexity index is 618. The minimum absolute atomic E-state index is 0.101. The Kier molecular flexibility index (Phi) is 4.68. The molecule has 1 aliphatic rings. The fourth-order valence-electron chi connectivity index (χ4n) is 2.77. The quantitative estimate of drug-likeness (QED) is 0.912. The second-order valence-corrected chi connectivity index (χ2v) is 7.74. The Morgan fingerprint density at radius 1 is 1.29 bits per heavy atom. The zero-order valence-electron chi connectivity index (χ0n) is 12.5. The molecule has 0 saturated carbocycles. The van der Waals surface area contributed by atoms with Crippen molar-refractivity contribution in [1.82, 2.24) is 4.90 Å². The zero-order chi connectivity index (χ0) is 15.6. The summed E-state index contributed by atoms with van der Waals surface area (Å²) in [4.78, 5) is 14.4. The molecular weight excluding hydrogens is 288 g/mol. The van der Waals surface area contributed by atoms with E-state index in [2.05, 4.69) is 0 Å². The molecule has 1 saturated heterocycles. The summed E-state index contributed by atoms with van der Waals surface area (Å²) >= 11 is 0. The van der Waals surface area contributed by atoms with Crippen LogP contribution in [0.25, 0.3) is 0 Å². The summed E-state index contributed by atoms with van der Waals surface area (Å²) in [5.74, 6) is 0.221. The van der Waals surface area contributed by atoms with Gasteiger partial charge in [-0.25, -0.2) is 8.42 Å². The number of nitrogens with zero attached hydrogens (tertiary/aromatic N) is 1. The normalized spacial score (nSPS) is 18.5. The molecule has 5 nitrogen and oxygen atoms in total. The van der Waals surface area contributed by atoms with E-state index in [4.69, 9.17) is 5.73 Å². The number of nitrogens with two attached hydrogens (primary N) is 1. The molecule has 0 spiro atoms. The van der Waals surface area contributed by atoms with Crippen LogP contribution in [0.5, 0.6) is 0 Å². The maximum absolute atomic E-state index is 12.6. The molecule has 1 fully saturated rings. The topological polar surface area (TPSA) is 80.5 Å². The molecule has 1 aliphatic heterocycles. The minimum atomic E-state index is -3.41. The van der Waals surface area contributed by atoms with E-state index >= 15 is 0 Å². The lowest BCUT2D eigenvalue weighted by atomic mass is 9.90. The highest BCUT2D eigenvalue weighted by molar-refractivity contribution is 7.90. The highest BCUT2D eigenvalue weighted by atomic mass is 32.2. The van der Waals surface area contributed by atoms with Crippen molar-refractivity contribution in [2.45, 2.75) is 30.7 Å². The Morgan fingerprint density at radius 3 is 2.38 bits per heavy atom. The molecule has 0 aromatic heterocycles. The number of piperidine rings is 1. The van der Waals surface area contributed by atoms with E-state index in [1.807, 2.05) is 6.92 Å². The second-order valence-electron chi connectivity index (χ2n) is 5.76. The van der Waals surface area contributed by atoms with Crippen LogP contribution in [0.15, 0.2) is 29.2 Å². The van der Waals surface area contributed by atoms with Gasteiger partial charge in [-0.15, -0.1) is 0 Å². The molecule has 1 aromatic carbocycles. The highest BCUT2D eigenvalue weighted by Crippen LogP contribution is 2.23. The van der Waals surface area contributed by atoms with Gasteiger partial charge in [0.2, 0.25) is 0 Å². The third-order valence-corrected chi connectivity index (χ3v) is 5.24. The van der Waals surface area contributed by atoms with Gasteiger partial charge in [0, 0.05) is 25.4 Å². The molecule has 1 atom stereocenters. The van der Waals surface area contributed by atoms with Crippen LogP contribution in [-0.4, -0.2) is 44.6 Å². The lowest BCUT2D eigenvalue weighted by molar-refractivity contribution is 0.0677.